The van der Waals surface area contributed by atoms with Gasteiger partial charge in [-0.25, -0.2) is 0 Å². The lowest BCUT2D eigenvalue weighted by atomic mass is 9.81. The Morgan fingerprint density at radius 1 is 1.06 bits per heavy atom. The van der Waals surface area contributed by atoms with Gasteiger partial charge >= 0.3 is 0 Å². The fourth-order valence-corrected chi connectivity index (χ4v) is 4.42. The molecule has 6 nitrogen and oxygen atoms in total. The van der Waals surface area contributed by atoms with Gasteiger partial charge < -0.3 is 19.1 Å². The molecule has 2 aromatic rings. The Balaban J connectivity index is 1.42. The summed E-state index contributed by atoms with van der Waals surface area (Å²) >= 11 is 0. The maximum absolute atomic E-state index is 12.8. The highest BCUT2D eigenvalue weighted by molar-refractivity contribution is 6.01. The fraction of sp³-hybridized carbons (Fsp3) is 0.385. The average Bonchev–Trinajstić information content (AvgIpc) is 2.80. The van der Waals surface area contributed by atoms with E-state index in [1.807, 2.05) is 49.1 Å². The summed E-state index contributed by atoms with van der Waals surface area (Å²) in [6.07, 6.45) is 5.00. The predicted molar refractivity (Wildman–Crippen MR) is 123 cm³/mol. The monoisotopic (exact) mass is 435 g/mol. The number of hydrogen-bond donors (Lipinski definition) is 0. The highest BCUT2D eigenvalue weighted by Crippen LogP contribution is 2.41. The second-order valence-electron chi connectivity index (χ2n) is 8.54. The maximum atomic E-state index is 12.8. The fourth-order valence-electron chi connectivity index (χ4n) is 4.42. The third-order valence-corrected chi connectivity index (χ3v) is 6.59. The van der Waals surface area contributed by atoms with Crippen molar-refractivity contribution in [1.29, 1.82) is 0 Å². The van der Waals surface area contributed by atoms with Crippen molar-refractivity contribution in [3.63, 3.8) is 0 Å². The van der Waals surface area contributed by atoms with Gasteiger partial charge in [0.2, 0.25) is 5.91 Å². The zero-order chi connectivity index (χ0) is 22.9. The van der Waals surface area contributed by atoms with E-state index in [0.717, 1.165) is 22.4 Å². The summed E-state index contributed by atoms with van der Waals surface area (Å²) in [5, 5.41) is 0. The molecule has 1 spiro atoms. The minimum Gasteiger partial charge on any atom is -0.493 e. The van der Waals surface area contributed by atoms with Crippen LogP contribution in [0.4, 0.5) is 0 Å². The number of amides is 1. The molecule has 0 aliphatic carbocycles. The van der Waals surface area contributed by atoms with Gasteiger partial charge in [-0.2, -0.15) is 0 Å². The molecular formula is C26H29NO5. The molecule has 2 heterocycles. The highest BCUT2D eigenvalue weighted by Gasteiger charge is 2.44. The number of aryl methyl sites for hydroxylation is 1. The molecule has 0 radical (unpaired) electrons. The summed E-state index contributed by atoms with van der Waals surface area (Å²) in [5.74, 6) is 2.05. The van der Waals surface area contributed by atoms with Gasteiger partial charge in [-0.1, -0.05) is 12.1 Å². The molecule has 0 N–H and O–H groups in total. The second-order valence-corrected chi connectivity index (χ2v) is 8.54. The quantitative estimate of drug-likeness (QED) is 0.668. The van der Waals surface area contributed by atoms with Crippen LogP contribution in [0.5, 0.6) is 17.2 Å². The molecule has 6 heteroatoms. The number of piperidine rings is 1. The summed E-state index contributed by atoms with van der Waals surface area (Å²) in [4.78, 5) is 27.4. The Bertz CT molecular complexity index is 1080. The molecule has 2 aliphatic heterocycles. The van der Waals surface area contributed by atoms with E-state index in [9.17, 15) is 9.59 Å². The van der Waals surface area contributed by atoms with E-state index in [1.54, 1.807) is 26.4 Å². The Morgan fingerprint density at radius 3 is 2.47 bits per heavy atom. The zero-order valence-corrected chi connectivity index (χ0v) is 19.1. The van der Waals surface area contributed by atoms with Gasteiger partial charge in [-0.3, -0.25) is 9.59 Å². The van der Waals surface area contributed by atoms with Crippen LogP contribution < -0.4 is 14.2 Å². The van der Waals surface area contributed by atoms with E-state index in [2.05, 4.69) is 0 Å². The first kappa shape index (κ1) is 21.9. The van der Waals surface area contributed by atoms with Crippen LogP contribution >= 0.6 is 0 Å². The molecule has 2 aliphatic rings. The minimum atomic E-state index is -0.521. The van der Waals surface area contributed by atoms with Crippen LogP contribution in [-0.4, -0.2) is 49.5 Å². The second kappa shape index (κ2) is 8.69. The molecule has 32 heavy (non-hydrogen) atoms. The zero-order valence-electron chi connectivity index (χ0n) is 19.1. The van der Waals surface area contributed by atoms with E-state index >= 15 is 0 Å². The number of hydrogen-bond acceptors (Lipinski definition) is 5. The molecule has 1 amide bonds. The molecule has 1 saturated heterocycles. The molecule has 168 valence electrons. The van der Waals surface area contributed by atoms with Crippen LogP contribution in [0.1, 0.15) is 46.3 Å². The predicted octanol–water partition coefficient (Wildman–Crippen LogP) is 4.36. The van der Waals surface area contributed by atoms with Crippen molar-refractivity contribution in [2.75, 3.05) is 27.3 Å². The first-order chi connectivity index (χ1) is 15.4. The van der Waals surface area contributed by atoms with Crippen LogP contribution in [0.3, 0.4) is 0 Å². The van der Waals surface area contributed by atoms with Crippen LogP contribution in [0.15, 0.2) is 36.4 Å². The standard InChI is InChI=1S/C26H29NO5/c1-17-5-8-20-21(28)16-26(32-25(20)18(17)2)11-13-27(14-12-26)24(29)10-7-19-6-9-22(30-3)23(15-19)31-4/h5-10,15H,11-14,16H2,1-4H3/b10-7+. The molecule has 0 atom stereocenters. The number of ketones is 1. The maximum Gasteiger partial charge on any atom is 0.246 e. The number of carbonyl (C=O) groups is 2. The lowest BCUT2D eigenvalue weighted by Crippen LogP contribution is -2.52. The van der Waals surface area contributed by atoms with E-state index in [1.165, 1.54) is 0 Å². The number of likely N-dealkylation sites (tertiary alicyclic amines) is 1. The van der Waals surface area contributed by atoms with Gasteiger partial charge in [-0.15, -0.1) is 0 Å². The van der Waals surface area contributed by atoms with Crippen LogP contribution in [0.25, 0.3) is 6.08 Å². The summed E-state index contributed by atoms with van der Waals surface area (Å²) in [5.41, 5.74) is 3.14. The van der Waals surface area contributed by atoms with Gasteiger partial charge in [-0.05, 0) is 54.8 Å². The van der Waals surface area contributed by atoms with Gasteiger partial charge in [0.1, 0.15) is 11.4 Å². The van der Waals surface area contributed by atoms with Gasteiger partial charge in [0.25, 0.3) is 0 Å². The Hall–Kier alpha value is -3.28. The van der Waals surface area contributed by atoms with Crippen molar-refractivity contribution in [2.45, 2.75) is 38.7 Å². The molecule has 0 unspecified atom stereocenters. The van der Waals surface area contributed by atoms with Gasteiger partial charge in [0.05, 0.1) is 26.2 Å². The van der Waals surface area contributed by atoms with Crippen molar-refractivity contribution >= 4 is 17.8 Å². The van der Waals surface area contributed by atoms with Crippen molar-refractivity contribution < 1.29 is 23.8 Å². The molecule has 0 bridgehead atoms. The third-order valence-electron chi connectivity index (χ3n) is 6.59. The van der Waals surface area contributed by atoms with Crippen molar-refractivity contribution in [3.05, 3.63) is 58.7 Å². The van der Waals surface area contributed by atoms with E-state index in [4.69, 9.17) is 14.2 Å². The van der Waals surface area contributed by atoms with Crippen LogP contribution in [0, 0.1) is 13.8 Å². The SMILES string of the molecule is COc1ccc(/C=C/C(=O)N2CCC3(CC2)CC(=O)c2ccc(C)c(C)c2O3)cc1OC. The summed E-state index contributed by atoms with van der Waals surface area (Å²) < 4.78 is 17.0. The van der Waals surface area contributed by atoms with Gasteiger partial charge in [0.15, 0.2) is 17.3 Å². The number of Topliss-reactive ketones (excluding diaryl/α,β-unsaturated/α-hetero) is 1. The number of carbonyl (C=O) groups excluding carboxylic acids is 2. The largest absolute Gasteiger partial charge is 0.493 e. The molecule has 0 aromatic heterocycles. The molecule has 4 rings (SSSR count). The number of rotatable bonds is 4. The Kier molecular flexibility index (Phi) is 5.96. The Morgan fingerprint density at radius 2 is 1.78 bits per heavy atom. The minimum absolute atomic E-state index is 0.0517. The first-order valence-electron chi connectivity index (χ1n) is 10.9. The van der Waals surface area contributed by atoms with Crippen molar-refractivity contribution in [3.8, 4) is 17.2 Å². The molecule has 1 fully saturated rings. The number of benzene rings is 2. The first-order valence-corrected chi connectivity index (χ1v) is 10.9. The number of fused-ring (bicyclic) bond motifs is 1. The smallest absolute Gasteiger partial charge is 0.246 e. The number of ether oxygens (including phenoxy) is 3. The lowest BCUT2D eigenvalue weighted by Gasteiger charge is -2.44. The normalized spacial score (nSPS) is 17.2. The average molecular weight is 436 g/mol. The molecular weight excluding hydrogens is 406 g/mol. The Labute approximate surface area is 188 Å². The summed E-state index contributed by atoms with van der Waals surface area (Å²) in [6, 6.07) is 9.35. The van der Waals surface area contributed by atoms with E-state index < -0.39 is 5.60 Å². The van der Waals surface area contributed by atoms with Crippen molar-refractivity contribution in [1.82, 2.24) is 4.90 Å². The van der Waals surface area contributed by atoms with E-state index in [-0.39, 0.29) is 11.7 Å². The number of nitrogens with zero attached hydrogens (tertiary/aromatic N) is 1. The summed E-state index contributed by atoms with van der Waals surface area (Å²) in [6.45, 7) is 5.14. The highest BCUT2D eigenvalue weighted by atomic mass is 16.5. The lowest BCUT2D eigenvalue weighted by molar-refractivity contribution is -0.129. The molecule has 2 aromatic carbocycles. The van der Waals surface area contributed by atoms with Crippen LogP contribution in [0.2, 0.25) is 0 Å². The number of methoxy groups -OCH3 is 2. The van der Waals surface area contributed by atoms with E-state index in [0.29, 0.717) is 49.4 Å². The van der Waals surface area contributed by atoms with Crippen LogP contribution in [-0.2, 0) is 4.79 Å². The molecule has 0 saturated carbocycles. The third kappa shape index (κ3) is 4.09. The summed E-state index contributed by atoms with van der Waals surface area (Å²) in [7, 11) is 3.17. The topological polar surface area (TPSA) is 65.1 Å². The van der Waals surface area contributed by atoms with Crippen molar-refractivity contribution in [2.24, 2.45) is 0 Å². The van der Waals surface area contributed by atoms with Gasteiger partial charge in [0, 0.05) is 32.0 Å².